The number of benzene rings is 2. The molecule has 0 radical (unpaired) electrons. The maximum absolute atomic E-state index is 13.1. The molecule has 2 amide bonds. The molecule has 0 aliphatic heterocycles. The van der Waals surface area contributed by atoms with Crippen LogP contribution in [0.25, 0.3) is 0 Å². The summed E-state index contributed by atoms with van der Waals surface area (Å²) in [4.78, 5) is 36.4. The summed E-state index contributed by atoms with van der Waals surface area (Å²) in [6.07, 6.45) is 0. The highest BCUT2D eigenvalue weighted by Crippen LogP contribution is 2.32. The third-order valence-corrected chi connectivity index (χ3v) is 3.76. The van der Waals surface area contributed by atoms with Gasteiger partial charge in [-0.05, 0) is 45.0 Å². The summed E-state index contributed by atoms with van der Waals surface area (Å²) in [6, 6.07) is 12.6. The summed E-state index contributed by atoms with van der Waals surface area (Å²) < 4.78 is 5.01. The fourth-order valence-electron chi connectivity index (χ4n) is 2.45. The Kier molecular flexibility index (Phi) is 5.79. The minimum absolute atomic E-state index is 0.0332. The third-order valence-electron chi connectivity index (χ3n) is 3.76. The Balaban J connectivity index is 2.45. The molecule has 0 saturated carbocycles. The lowest BCUT2D eigenvalue weighted by Crippen LogP contribution is -2.56. The molecule has 0 aliphatic rings. The zero-order valence-corrected chi connectivity index (χ0v) is 15.6. The van der Waals surface area contributed by atoms with Crippen molar-refractivity contribution in [3.05, 3.63) is 69.8 Å². The van der Waals surface area contributed by atoms with Crippen molar-refractivity contribution in [1.82, 2.24) is 10.4 Å². The fraction of sp³-hybridized carbons (Fsp3) is 0.263. The lowest BCUT2D eigenvalue weighted by Gasteiger charge is -2.35. The molecule has 0 fully saturated rings. The van der Waals surface area contributed by atoms with E-state index in [1.54, 1.807) is 51.1 Å². The van der Waals surface area contributed by atoms with Gasteiger partial charge in [-0.2, -0.15) is 0 Å². The van der Waals surface area contributed by atoms with E-state index in [0.717, 1.165) is 5.01 Å². The largest absolute Gasteiger partial charge is 0.490 e. The van der Waals surface area contributed by atoms with Gasteiger partial charge in [0, 0.05) is 5.56 Å². The van der Waals surface area contributed by atoms with Crippen LogP contribution in [0.5, 0.6) is 5.75 Å². The molecule has 1 N–H and O–H groups in total. The zero-order valence-electron chi connectivity index (χ0n) is 15.6. The van der Waals surface area contributed by atoms with Crippen molar-refractivity contribution < 1.29 is 19.2 Å². The number of carbonyl (C=O) groups is 2. The van der Waals surface area contributed by atoms with Crippen molar-refractivity contribution in [2.75, 3.05) is 7.11 Å². The topological polar surface area (TPSA) is 102 Å². The van der Waals surface area contributed by atoms with Crippen LogP contribution in [0.3, 0.4) is 0 Å². The first-order chi connectivity index (χ1) is 12.7. The lowest BCUT2D eigenvalue weighted by molar-refractivity contribution is -0.386. The molecule has 0 aromatic heterocycles. The van der Waals surface area contributed by atoms with Crippen molar-refractivity contribution in [3.63, 3.8) is 0 Å². The maximum atomic E-state index is 13.1. The van der Waals surface area contributed by atoms with Gasteiger partial charge in [-0.1, -0.05) is 24.3 Å². The zero-order chi connectivity index (χ0) is 20.2. The van der Waals surface area contributed by atoms with E-state index >= 15 is 0 Å². The summed E-state index contributed by atoms with van der Waals surface area (Å²) >= 11 is 0. The van der Waals surface area contributed by atoms with Crippen molar-refractivity contribution in [2.24, 2.45) is 0 Å². The minimum atomic E-state index is -0.835. The SMILES string of the molecule is COc1cccc(C(=O)N(NC(=O)c2ccccc2)C(C)(C)C)c1[N+](=O)[O-]. The molecule has 0 aliphatic carbocycles. The van der Waals surface area contributed by atoms with Crippen LogP contribution in [0.15, 0.2) is 48.5 Å². The van der Waals surface area contributed by atoms with Gasteiger partial charge >= 0.3 is 5.69 Å². The molecule has 8 nitrogen and oxygen atoms in total. The number of carbonyl (C=O) groups excluding carboxylic acids is 2. The molecule has 2 aromatic rings. The van der Waals surface area contributed by atoms with Crippen LogP contribution in [0, 0.1) is 10.1 Å². The van der Waals surface area contributed by atoms with Gasteiger partial charge in [-0.15, -0.1) is 0 Å². The molecule has 0 bridgehead atoms. The van der Waals surface area contributed by atoms with E-state index in [4.69, 9.17) is 4.74 Å². The van der Waals surface area contributed by atoms with E-state index < -0.39 is 28.0 Å². The molecule has 0 saturated heterocycles. The number of rotatable bonds is 4. The highest BCUT2D eigenvalue weighted by atomic mass is 16.6. The Morgan fingerprint density at radius 3 is 2.22 bits per heavy atom. The third kappa shape index (κ3) is 4.41. The summed E-state index contributed by atoms with van der Waals surface area (Å²) in [6.45, 7) is 5.13. The second-order valence-corrected chi connectivity index (χ2v) is 6.73. The highest BCUT2D eigenvalue weighted by molar-refractivity contribution is 6.02. The highest BCUT2D eigenvalue weighted by Gasteiger charge is 2.35. The molecule has 0 unspecified atom stereocenters. The number of nitrogens with zero attached hydrogens (tertiary/aromatic N) is 2. The number of nitro groups is 1. The van der Waals surface area contributed by atoms with Crippen LogP contribution in [0.1, 0.15) is 41.5 Å². The molecular weight excluding hydrogens is 350 g/mol. The van der Waals surface area contributed by atoms with Crippen LogP contribution in [-0.2, 0) is 0 Å². The number of hydrazine groups is 1. The average Bonchev–Trinajstić information content (AvgIpc) is 2.64. The van der Waals surface area contributed by atoms with Gasteiger partial charge in [0.1, 0.15) is 5.56 Å². The Morgan fingerprint density at radius 2 is 1.70 bits per heavy atom. The lowest BCUT2D eigenvalue weighted by atomic mass is 10.0. The van der Waals surface area contributed by atoms with Crippen molar-refractivity contribution in [1.29, 1.82) is 0 Å². The molecule has 8 heteroatoms. The number of methoxy groups -OCH3 is 1. The summed E-state index contributed by atoms with van der Waals surface area (Å²) in [7, 11) is 1.29. The van der Waals surface area contributed by atoms with Crippen LogP contribution in [0.2, 0.25) is 0 Å². The van der Waals surface area contributed by atoms with Gasteiger partial charge in [0.25, 0.3) is 11.8 Å². The second kappa shape index (κ2) is 7.86. The fourth-order valence-corrected chi connectivity index (χ4v) is 2.45. The maximum Gasteiger partial charge on any atom is 0.323 e. The molecule has 2 aromatic carbocycles. The van der Waals surface area contributed by atoms with E-state index in [9.17, 15) is 19.7 Å². The van der Waals surface area contributed by atoms with Crippen LogP contribution in [0.4, 0.5) is 5.69 Å². The average molecular weight is 371 g/mol. The van der Waals surface area contributed by atoms with Crippen molar-refractivity contribution in [3.8, 4) is 5.75 Å². The standard InChI is InChI=1S/C19H21N3O5/c1-19(2,3)21(20-17(23)13-9-6-5-7-10-13)18(24)14-11-8-12-15(27-4)16(14)22(25)26/h5-12H,1-4H3,(H,20,23). The minimum Gasteiger partial charge on any atom is -0.490 e. The normalized spacial score (nSPS) is 10.8. The quantitative estimate of drug-likeness (QED) is 0.657. The van der Waals surface area contributed by atoms with Gasteiger partial charge < -0.3 is 4.74 Å². The molecule has 0 spiro atoms. The number of hydrogen-bond donors (Lipinski definition) is 1. The monoisotopic (exact) mass is 371 g/mol. The van der Waals surface area contributed by atoms with Crippen molar-refractivity contribution >= 4 is 17.5 Å². The smallest absolute Gasteiger partial charge is 0.323 e. The van der Waals surface area contributed by atoms with Gasteiger partial charge in [0.15, 0.2) is 5.75 Å². The Bertz CT molecular complexity index is 859. The Labute approximate surface area is 156 Å². The van der Waals surface area contributed by atoms with Gasteiger partial charge in [-0.25, -0.2) is 5.01 Å². The van der Waals surface area contributed by atoms with Gasteiger partial charge in [0.05, 0.1) is 17.6 Å². The van der Waals surface area contributed by atoms with Crippen LogP contribution >= 0.6 is 0 Å². The van der Waals surface area contributed by atoms with E-state index in [1.165, 1.54) is 25.3 Å². The first-order valence-corrected chi connectivity index (χ1v) is 8.18. The summed E-state index contributed by atoms with van der Waals surface area (Å²) in [5.74, 6) is -1.24. The van der Waals surface area contributed by atoms with E-state index in [2.05, 4.69) is 5.43 Å². The molecule has 142 valence electrons. The molecule has 2 rings (SSSR count). The number of nitrogens with one attached hydrogen (secondary N) is 1. The Morgan fingerprint density at radius 1 is 1.07 bits per heavy atom. The molecule has 0 heterocycles. The first kappa shape index (κ1) is 19.9. The molecule has 27 heavy (non-hydrogen) atoms. The number of hydrogen-bond acceptors (Lipinski definition) is 5. The molecule has 0 atom stereocenters. The molecular formula is C19H21N3O5. The van der Waals surface area contributed by atoms with E-state index in [-0.39, 0.29) is 11.3 Å². The second-order valence-electron chi connectivity index (χ2n) is 6.73. The number of amides is 2. The Hall–Kier alpha value is -3.42. The van der Waals surface area contributed by atoms with Gasteiger partial charge in [-0.3, -0.25) is 25.1 Å². The van der Waals surface area contributed by atoms with Crippen LogP contribution in [-0.4, -0.2) is 34.4 Å². The first-order valence-electron chi connectivity index (χ1n) is 8.18. The van der Waals surface area contributed by atoms with E-state index in [0.29, 0.717) is 5.56 Å². The number of ether oxygens (including phenoxy) is 1. The van der Waals surface area contributed by atoms with Gasteiger partial charge in [0.2, 0.25) is 0 Å². The summed E-state index contributed by atoms with van der Waals surface area (Å²) in [5, 5.41) is 12.6. The van der Waals surface area contributed by atoms with E-state index in [1.807, 2.05) is 0 Å². The van der Waals surface area contributed by atoms with Crippen molar-refractivity contribution in [2.45, 2.75) is 26.3 Å². The predicted molar refractivity (Wildman–Crippen MR) is 99.5 cm³/mol. The van der Waals surface area contributed by atoms with Crippen LogP contribution < -0.4 is 10.2 Å². The predicted octanol–water partition coefficient (Wildman–Crippen LogP) is 3.19. The summed E-state index contributed by atoms with van der Waals surface area (Å²) in [5.41, 5.74) is 1.45. The number of para-hydroxylation sites is 1. The number of nitro benzene ring substituents is 1.